The Balaban J connectivity index is 2.05. The Morgan fingerprint density at radius 1 is 1.28 bits per heavy atom. The number of carbonyl (C=O) groups excluding carboxylic acids is 1. The molecule has 1 fully saturated rings. The lowest BCUT2D eigenvalue weighted by atomic mass is 10.2. The second kappa shape index (κ2) is 4.21. The minimum absolute atomic E-state index is 0.108. The highest BCUT2D eigenvalue weighted by atomic mass is 16.4. The van der Waals surface area contributed by atoms with E-state index in [0.717, 1.165) is 0 Å². The fraction of sp³-hybridized carbons (Fsp3) is 0.333. The van der Waals surface area contributed by atoms with Gasteiger partial charge in [-0.15, -0.1) is 0 Å². The number of nitrogens with zero attached hydrogens (tertiary/aromatic N) is 1. The maximum atomic E-state index is 11.9. The summed E-state index contributed by atoms with van der Waals surface area (Å²) < 4.78 is 0. The van der Waals surface area contributed by atoms with Crippen LogP contribution in [0.5, 0.6) is 5.75 Å². The molecule has 0 aliphatic heterocycles. The number of amides is 2. The van der Waals surface area contributed by atoms with Crippen molar-refractivity contribution < 1.29 is 19.8 Å². The first-order chi connectivity index (χ1) is 8.44. The van der Waals surface area contributed by atoms with Gasteiger partial charge in [-0.1, -0.05) is 0 Å². The lowest BCUT2D eigenvalue weighted by Gasteiger charge is -2.21. The summed E-state index contributed by atoms with van der Waals surface area (Å²) >= 11 is 0. The molecule has 0 heterocycles. The zero-order chi connectivity index (χ0) is 13.3. The zero-order valence-electron chi connectivity index (χ0n) is 9.88. The number of urea groups is 1. The van der Waals surface area contributed by atoms with Gasteiger partial charge >= 0.3 is 12.0 Å². The number of carboxylic acids is 1. The summed E-state index contributed by atoms with van der Waals surface area (Å²) in [5.74, 6) is -0.897. The molecule has 0 unspecified atom stereocenters. The van der Waals surface area contributed by atoms with E-state index in [-0.39, 0.29) is 5.75 Å². The van der Waals surface area contributed by atoms with Gasteiger partial charge in [0.25, 0.3) is 0 Å². The Morgan fingerprint density at radius 3 is 2.28 bits per heavy atom. The van der Waals surface area contributed by atoms with Gasteiger partial charge in [-0.3, -0.25) is 4.90 Å². The molecule has 1 aromatic carbocycles. The third-order valence-electron chi connectivity index (χ3n) is 3.05. The lowest BCUT2D eigenvalue weighted by molar-refractivity contribution is -0.140. The van der Waals surface area contributed by atoms with Gasteiger partial charge in [-0.25, -0.2) is 9.59 Å². The van der Waals surface area contributed by atoms with E-state index in [2.05, 4.69) is 5.32 Å². The third kappa shape index (κ3) is 2.22. The van der Waals surface area contributed by atoms with E-state index in [9.17, 15) is 9.59 Å². The second-order valence-corrected chi connectivity index (χ2v) is 4.39. The number of phenolic OH excluding ortho intramolecular Hbond substituents is 1. The number of rotatable bonds is 3. The van der Waals surface area contributed by atoms with Gasteiger partial charge in [0.15, 0.2) is 0 Å². The molecule has 0 radical (unpaired) electrons. The molecule has 0 bridgehead atoms. The monoisotopic (exact) mass is 250 g/mol. The summed E-state index contributed by atoms with van der Waals surface area (Å²) in [4.78, 5) is 24.1. The highest BCUT2D eigenvalue weighted by Crippen LogP contribution is 2.35. The van der Waals surface area contributed by atoms with Crippen molar-refractivity contribution >= 4 is 17.7 Å². The van der Waals surface area contributed by atoms with Crippen LogP contribution in [0.3, 0.4) is 0 Å². The minimum atomic E-state index is -1.09. The standard InChI is InChI=1S/C12H14N2O4/c1-14(8-2-4-9(15)5-3-8)11(18)13-12(6-7-12)10(16)17/h2-5,15H,6-7H2,1H3,(H,13,18)(H,16,17). The van der Waals surface area contributed by atoms with E-state index in [1.54, 1.807) is 19.2 Å². The van der Waals surface area contributed by atoms with E-state index in [1.807, 2.05) is 0 Å². The Bertz CT molecular complexity index is 479. The summed E-state index contributed by atoms with van der Waals surface area (Å²) in [6, 6.07) is 5.61. The molecule has 0 aromatic heterocycles. The molecule has 18 heavy (non-hydrogen) atoms. The van der Waals surface area contributed by atoms with Crippen molar-refractivity contribution in [2.75, 3.05) is 11.9 Å². The van der Waals surface area contributed by atoms with Crippen LogP contribution in [-0.2, 0) is 4.79 Å². The molecule has 6 heteroatoms. The number of nitrogens with one attached hydrogen (secondary N) is 1. The highest BCUT2D eigenvalue weighted by molar-refractivity contribution is 5.96. The number of phenols is 1. The first-order valence-electron chi connectivity index (χ1n) is 5.53. The van der Waals surface area contributed by atoms with Crippen molar-refractivity contribution in [3.8, 4) is 5.75 Å². The number of aromatic hydroxyl groups is 1. The van der Waals surface area contributed by atoms with Crippen LogP contribution in [0.1, 0.15) is 12.8 Å². The van der Waals surface area contributed by atoms with Crippen molar-refractivity contribution in [1.29, 1.82) is 0 Å². The fourth-order valence-electron chi connectivity index (χ4n) is 1.60. The SMILES string of the molecule is CN(C(=O)NC1(C(=O)O)CC1)c1ccc(O)cc1. The quantitative estimate of drug-likeness (QED) is 0.750. The number of benzene rings is 1. The van der Waals surface area contributed by atoms with E-state index in [0.29, 0.717) is 18.5 Å². The van der Waals surface area contributed by atoms with Crippen molar-refractivity contribution in [1.82, 2.24) is 5.32 Å². The fourth-order valence-corrected chi connectivity index (χ4v) is 1.60. The number of anilines is 1. The Kier molecular flexibility index (Phi) is 2.86. The normalized spacial score (nSPS) is 15.8. The van der Waals surface area contributed by atoms with Crippen LogP contribution in [0.25, 0.3) is 0 Å². The third-order valence-corrected chi connectivity index (χ3v) is 3.05. The maximum Gasteiger partial charge on any atom is 0.329 e. The summed E-state index contributed by atoms with van der Waals surface area (Å²) in [5, 5.41) is 20.6. The van der Waals surface area contributed by atoms with E-state index in [4.69, 9.17) is 10.2 Å². The van der Waals surface area contributed by atoms with Crippen LogP contribution >= 0.6 is 0 Å². The van der Waals surface area contributed by atoms with E-state index in [1.165, 1.54) is 17.0 Å². The summed E-state index contributed by atoms with van der Waals surface area (Å²) in [6.07, 6.45) is 0.912. The Morgan fingerprint density at radius 2 is 1.83 bits per heavy atom. The lowest BCUT2D eigenvalue weighted by Crippen LogP contribution is -2.48. The summed E-state index contributed by atoms with van der Waals surface area (Å²) in [7, 11) is 1.54. The molecular formula is C12H14N2O4. The number of hydrogen-bond acceptors (Lipinski definition) is 3. The van der Waals surface area contributed by atoms with Gasteiger partial charge in [0.2, 0.25) is 0 Å². The molecule has 6 nitrogen and oxygen atoms in total. The topological polar surface area (TPSA) is 89.9 Å². The molecule has 0 saturated heterocycles. The van der Waals surface area contributed by atoms with Crippen molar-refractivity contribution in [2.45, 2.75) is 18.4 Å². The molecule has 0 atom stereocenters. The van der Waals surface area contributed by atoms with Crippen LogP contribution in [0.4, 0.5) is 10.5 Å². The molecule has 3 N–H and O–H groups in total. The van der Waals surface area contributed by atoms with Crippen molar-refractivity contribution in [3.05, 3.63) is 24.3 Å². The van der Waals surface area contributed by atoms with Gasteiger partial charge in [-0.2, -0.15) is 0 Å². The predicted molar refractivity (Wildman–Crippen MR) is 64.6 cm³/mol. The first kappa shape index (κ1) is 12.2. The van der Waals surface area contributed by atoms with Gasteiger partial charge in [-0.05, 0) is 37.1 Å². The largest absolute Gasteiger partial charge is 0.508 e. The zero-order valence-corrected chi connectivity index (χ0v) is 9.88. The predicted octanol–water partition coefficient (Wildman–Crippen LogP) is 1.16. The minimum Gasteiger partial charge on any atom is -0.508 e. The maximum absolute atomic E-state index is 11.9. The Hall–Kier alpha value is -2.24. The van der Waals surface area contributed by atoms with E-state index < -0.39 is 17.5 Å². The van der Waals surface area contributed by atoms with Crippen LogP contribution in [-0.4, -0.2) is 34.8 Å². The molecular weight excluding hydrogens is 236 g/mol. The highest BCUT2D eigenvalue weighted by Gasteiger charge is 2.52. The first-order valence-corrected chi connectivity index (χ1v) is 5.53. The average molecular weight is 250 g/mol. The van der Waals surface area contributed by atoms with Crippen molar-refractivity contribution in [2.24, 2.45) is 0 Å². The molecule has 2 amide bonds. The average Bonchev–Trinajstić information content (AvgIpc) is 3.10. The van der Waals surface area contributed by atoms with Crippen LogP contribution in [0.15, 0.2) is 24.3 Å². The van der Waals surface area contributed by atoms with Crippen LogP contribution in [0.2, 0.25) is 0 Å². The van der Waals surface area contributed by atoms with Crippen molar-refractivity contribution in [3.63, 3.8) is 0 Å². The van der Waals surface area contributed by atoms with Crippen LogP contribution < -0.4 is 10.2 Å². The van der Waals surface area contributed by atoms with Gasteiger partial charge in [0.05, 0.1) is 0 Å². The van der Waals surface area contributed by atoms with Gasteiger partial charge in [0.1, 0.15) is 11.3 Å². The number of hydrogen-bond donors (Lipinski definition) is 3. The second-order valence-electron chi connectivity index (χ2n) is 4.39. The summed E-state index contributed by atoms with van der Waals surface area (Å²) in [5.41, 5.74) is -0.520. The van der Waals surface area contributed by atoms with Gasteiger partial charge in [0, 0.05) is 12.7 Å². The molecule has 0 spiro atoms. The van der Waals surface area contributed by atoms with Gasteiger partial charge < -0.3 is 15.5 Å². The molecule has 1 aromatic rings. The van der Waals surface area contributed by atoms with E-state index >= 15 is 0 Å². The molecule has 1 saturated carbocycles. The molecule has 1 aliphatic carbocycles. The van der Waals surface area contributed by atoms with Crippen LogP contribution in [0, 0.1) is 0 Å². The Labute approximate surface area is 104 Å². The smallest absolute Gasteiger partial charge is 0.329 e. The molecule has 1 aliphatic rings. The molecule has 96 valence electrons. The molecule has 2 rings (SSSR count). The number of carbonyl (C=O) groups is 2. The summed E-state index contributed by atoms with van der Waals surface area (Å²) in [6.45, 7) is 0. The number of aliphatic carboxylic acids is 1. The number of carboxylic acid groups (broad SMARTS) is 1.